The number of halogens is 2. The van der Waals surface area contributed by atoms with E-state index in [4.69, 9.17) is 27.9 Å². The van der Waals surface area contributed by atoms with Crippen LogP contribution in [0.5, 0.6) is 5.75 Å². The molecule has 0 aliphatic rings. The van der Waals surface area contributed by atoms with Crippen LogP contribution < -0.4 is 10.1 Å². The van der Waals surface area contributed by atoms with E-state index in [1.54, 1.807) is 18.2 Å². The second-order valence-corrected chi connectivity index (χ2v) is 7.27. The molecule has 26 heavy (non-hydrogen) atoms. The molecule has 0 bridgehead atoms. The third kappa shape index (κ3) is 5.63. The number of benzene rings is 2. The van der Waals surface area contributed by atoms with Gasteiger partial charge in [-0.15, -0.1) is 0 Å². The van der Waals surface area contributed by atoms with Crippen LogP contribution in [0.3, 0.4) is 0 Å². The fraction of sp³-hybridized carbons (Fsp3) is 0.350. The Hall–Kier alpha value is -1.75. The number of amides is 1. The number of anilines is 1. The average molecular weight is 395 g/mol. The average Bonchev–Trinajstić information content (AvgIpc) is 2.53. The first-order chi connectivity index (χ1) is 12.3. The van der Waals surface area contributed by atoms with Gasteiger partial charge in [-0.3, -0.25) is 9.69 Å². The zero-order chi connectivity index (χ0) is 19.3. The van der Waals surface area contributed by atoms with Gasteiger partial charge in [-0.1, -0.05) is 47.0 Å². The van der Waals surface area contributed by atoms with Gasteiger partial charge in [0.25, 0.3) is 0 Å². The van der Waals surface area contributed by atoms with Gasteiger partial charge in [0.1, 0.15) is 6.61 Å². The molecule has 0 heterocycles. The number of carbonyl (C=O) groups excluding carboxylic acids is 1. The van der Waals surface area contributed by atoms with E-state index in [2.05, 4.69) is 17.4 Å². The van der Waals surface area contributed by atoms with Crippen molar-refractivity contribution in [3.8, 4) is 5.75 Å². The zero-order valence-corrected chi connectivity index (χ0v) is 17.0. The van der Waals surface area contributed by atoms with E-state index < -0.39 is 0 Å². The summed E-state index contributed by atoms with van der Waals surface area (Å²) in [6.45, 7) is 7.27. The van der Waals surface area contributed by atoms with Gasteiger partial charge in [-0.2, -0.15) is 0 Å². The number of carbonyl (C=O) groups is 1. The maximum Gasteiger partial charge on any atom is 0.238 e. The molecule has 0 aliphatic heterocycles. The fourth-order valence-electron chi connectivity index (χ4n) is 2.80. The summed E-state index contributed by atoms with van der Waals surface area (Å²) in [7, 11) is 1.87. The number of nitrogens with zero attached hydrogens (tertiary/aromatic N) is 1. The molecule has 1 amide bonds. The first kappa shape index (κ1) is 20.6. The van der Waals surface area contributed by atoms with E-state index >= 15 is 0 Å². The van der Waals surface area contributed by atoms with Gasteiger partial charge in [-0.25, -0.2) is 0 Å². The lowest BCUT2D eigenvalue weighted by Crippen LogP contribution is -2.33. The zero-order valence-electron chi connectivity index (χ0n) is 15.5. The molecule has 6 heteroatoms. The lowest BCUT2D eigenvalue weighted by atomic mass is 10.1. The molecule has 1 N–H and O–H groups in total. The number of nitrogens with one attached hydrogen (secondary N) is 1. The Kier molecular flexibility index (Phi) is 7.33. The van der Waals surface area contributed by atoms with Gasteiger partial charge < -0.3 is 10.1 Å². The summed E-state index contributed by atoms with van der Waals surface area (Å²) < 4.78 is 5.65. The monoisotopic (exact) mass is 394 g/mol. The van der Waals surface area contributed by atoms with Crippen molar-refractivity contribution in [3.63, 3.8) is 0 Å². The highest BCUT2D eigenvalue weighted by molar-refractivity contribution is 6.37. The van der Waals surface area contributed by atoms with E-state index in [0.29, 0.717) is 28.9 Å². The quantitative estimate of drug-likeness (QED) is 0.728. The van der Waals surface area contributed by atoms with Crippen LogP contribution in [-0.4, -0.2) is 37.6 Å². The highest BCUT2D eigenvalue weighted by atomic mass is 35.5. The highest BCUT2D eigenvalue weighted by Gasteiger charge is 2.12. The molecule has 0 aromatic heterocycles. The molecular formula is C20H24Cl2N2O2. The Bertz CT molecular complexity index is 750. The number of hydrogen-bond acceptors (Lipinski definition) is 3. The van der Waals surface area contributed by atoms with Gasteiger partial charge in [0, 0.05) is 12.2 Å². The Morgan fingerprint density at radius 3 is 2.27 bits per heavy atom. The third-order valence-electron chi connectivity index (χ3n) is 3.99. The van der Waals surface area contributed by atoms with Crippen molar-refractivity contribution in [1.82, 2.24) is 4.90 Å². The second kappa shape index (κ2) is 9.26. The Balaban J connectivity index is 1.84. The van der Waals surface area contributed by atoms with E-state index in [1.165, 1.54) is 5.56 Å². The number of para-hydroxylation sites is 1. The van der Waals surface area contributed by atoms with Crippen molar-refractivity contribution < 1.29 is 9.53 Å². The molecule has 0 saturated carbocycles. The number of likely N-dealkylation sites (N-methyl/N-ethyl adjacent to an activating group) is 1. The molecule has 2 aromatic rings. The summed E-state index contributed by atoms with van der Waals surface area (Å²) in [5, 5.41) is 3.95. The van der Waals surface area contributed by atoms with Crippen LogP contribution in [0, 0.1) is 20.8 Å². The first-order valence-electron chi connectivity index (χ1n) is 8.41. The molecule has 0 spiro atoms. The van der Waals surface area contributed by atoms with Crippen molar-refractivity contribution in [2.24, 2.45) is 0 Å². The third-order valence-corrected chi connectivity index (χ3v) is 4.59. The number of aryl methyl sites for hydroxylation is 3. The molecule has 0 aliphatic carbocycles. The second-order valence-electron chi connectivity index (χ2n) is 6.46. The summed E-state index contributed by atoms with van der Waals surface area (Å²) in [6.07, 6.45) is 0. The smallest absolute Gasteiger partial charge is 0.238 e. The number of ether oxygens (including phenoxy) is 1. The molecule has 0 saturated heterocycles. The number of rotatable bonds is 7. The summed E-state index contributed by atoms with van der Waals surface area (Å²) in [4.78, 5) is 14.2. The van der Waals surface area contributed by atoms with Crippen LogP contribution in [-0.2, 0) is 4.79 Å². The topological polar surface area (TPSA) is 41.6 Å². The fourth-order valence-corrected chi connectivity index (χ4v) is 3.31. The minimum absolute atomic E-state index is 0.0571. The Morgan fingerprint density at radius 2 is 1.69 bits per heavy atom. The van der Waals surface area contributed by atoms with Gasteiger partial charge in [0.2, 0.25) is 5.91 Å². The lowest BCUT2D eigenvalue weighted by Gasteiger charge is -2.18. The van der Waals surface area contributed by atoms with Gasteiger partial charge >= 0.3 is 0 Å². The standard InChI is InChI=1S/C20H24Cl2N2O2/c1-13-10-14(2)19(15(3)11-13)23-18(25)12-24(4)8-9-26-20-16(21)6-5-7-17(20)22/h5-7,10-11H,8-9,12H2,1-4H3,(H,23,25). The minimum Gasteiger partial charge on any atom is -0.489 e. The molecule has 0 fully saturated rings. The van der Waals surface area contributed by atoms with Crippen molar-refractivity contribution in [2.45, 2.75) is 20.8 Å². The maximum atomic E-state index is 12.3. The minimum atomic E-state index is -0.0571. The first-order valence-corrected chi connectivity index (χ1v) is 9.16. The van der Waals surface area contributed by atoms with Crippen LogP contribution in [0.4, 0.5) is 5.69 Å². The van der Waals surface area contributed by atoms with Crippen molar-refractivity contribution in [3.05, 3.63) is 57.1 Å². The van der Waals surface area contributed by atoms with Crippen LogP contribution in [0.25, 0.3) is 0 Å². The van der Waals surface area contributed by atoms with Crippen LogP contribution in [0.1, 0.15) is 16.7 Å². The van der Waals surface area contributed by atoms with E-state index in [-0.39, 0.29) is 12.5 Å². The van der Waals surface area contributed by atoms with Crippen molar-refractivity contribution in [1.29, 1.82) is 0 Å². The Morgan fingerprint density at radius 1 is 1.12 bits per heavy atom. The van der Waals surface area contributed by atoms with Crippen LogP contribution >= 0.6 is 23.2 Å². The molecule has 0 atom stereocenters. The van der Waals surface area contributed by atoms with E-state index in [9.17, 15) is 4.79 Å². The van der Waals surface area contributed by atoms with Gasteiger partial charge in [0.05, 0.1) is 16.6 Å². The van der Waals surface area contributed by atoms with Crippen LogP contribution in [0.15, 0.2) is 30.3 Å². The summed E-state index contributed by atoms with van der Waals surface area (Å²) >= 11 is 12.1. The predicted octanol–water partition coefficient (Wildman–Crippen LogP) is 4.87. The van der Waals surface area contributed by atoms with E-state index in [0.717, 1.165) is 16.8 Å². The number of hydrogen-bond donors (Lipinski definition) is 1. The Labute approximate surface area is 165 Å². The van der Waals surface area contributed by atoms with E-state index in [1.807, 2.05) is 32.7 Å². The lowest BCUT2D eigenvalue weighted by molar-refractivity contribution is -0.117. The molecule has 140 valence electrons. The summed E-state index contributed by atoms with van der Waals surface area (Å²) in [5.74, 6) is 0.415. The highest BCUT2D eigenvalue weighted by Crippen LogP contribution is 2.32. The molecule has 4 nitrogen and oxygen atoms in total. The maximum absolute atomic E-state index is 12.3. The normalized spacial score (nSPS) is 10.9. The predicted molar refractivity (Wildman–Crippen MR) is 109 cm³/mol. The SMILES string of the molecule is Cc1cc(C)c(NC(=O)CN(C)CCOc2c(Cl)cccc2Cl)c(C)c1. The van der Waals surface area contributed by atoms with Gasteiger partial charge in [0.15, 0.2) is 5.75 Å². The van der Waals surface area contributed by atoms with Gasteiger partial charge in [-0.05, 0) is 51.1 Å². The van der Waals surface area contributed by atoms with Crippen LogP contribution in [0.2, 0.25) is 10.0 Å². The molecule has 2 rings (SSSR count). The molecule has 0 unspecified atom stereocenters. The summed E-state index contributed by atoms with van der Waals surface area (Å²) in [6, 6.07) is 9.35. The van der Waals surface area contributed by atoms with Crippen molar-refractivity contribution in [2.75, 3.05) is 32.1 Å². The summed E-state index contributed by atoms with van der Waals surface area (Å²) in [5.41, 5.74) is 4.20. The molecule has 2 aromatic carbocycles. The largest absolute Gasteiger partial charge is 0.489 e. The molecular weight excluding hydrogens is 371 g/mol. The van der Waals surface area contributed by atoms with Crippen molar-refractivity contribution >= 4 is 34.8 Å². The molecule has 0 radical (unpaired) electrons.